The average molecular weight is 240 g/mol. The highest BCUT2D eigenvalue weighted by molar-refractivity contribution is 7.84. The van der Waals surface area contributed by atoms with E-state index in [1.165, 1.54) is 6.26 Å². The lowest BCUT2D eigenvalue weighted by atomic mass is 10.5. The summed E-state index contributed by atoms with van der Waals surface area (Å²) >= 11 is 0. The minimum absolute atomic E-state index is 0.254. The van der Waals surface area contributed by atoms with Gasteiger partial charge in [-0.05, 0) is 13.0 Å². The summed E-state index contributed by atoms with van der Waals surface area (Å²) in [6, 6.07) is 1.70. The molecule has 0 radical (unpaired) electrons. The van der Waals surface area contributed by atoms with Gasteiger partial charge in [0, 0.05) is 6.42 Å². The second-order valence-corrected chi connectivity index (χ2v) is 4.71. The van der Waals surface area contributed by atoms with Crippen LogP contribution in [0.4, 0.5) is 0 Å². The summed E-state index contributed by atoms with van der Waals surface area (Å²) in [7, 11) is -1.18. The summed E-state index contributed by atoms with van der Waals surface area (Å²) in [5.74, 6) is 1.95. The zero-order valence-corrected chi connectivity index (χ0v) is 9.91. The summed E-state index contributed by atoms with van der Waals surface area (Å²) in [5, 5.41) is 3.76. The van der Waals surface area contributed by atoms with Crippen LogP contribution in [0.1, 0.15) is 24.4 Å². The molecule has 0 aliphatic rings. The SMILES string of the molecule is CCc1nc(C[S@](=O)c2ccoc2C)no1. The molecule has 86 valence electrons. The van der Waals surface area contributed by atoms with Gasteiger partial charge >= 0.3 is 0 Å². The van der Waals surface area contributed by atoms with Crippen LogP contribution in [0.15, 0.2) is 26.2 Å². The Morgan fingerprint density at radius 3 is 2.88 bits per heavy atom. The molecule has 0 saturated heterocycles. The predicted molar refractivity (Wildman–Crippen MR) is 57.2 cm³/mol. The molecule has 0 fully saturated rings. The first-order valence-electron chi connectivity index (χ1n) is 4.94. The van der Waals surface area contributed by atoms with E-state index >= 15 is 0 Å². The third-order valence-electron chi connectivity index (χ3n) is 2.13. The Kier molecular flexibility index (Phi) is 3.19. The van der Waals surface area contributed by atoms with Crippen molar-refractivity contribution in [2.45, 2.75) is 30.9 Å². The number of hydrogen-bond donors (Lipinski definition) is 0. The first-order valence-corrected chi connectivity index (χ1v) is 6.26. The summed E-state index contributed by atoms with van der Waals surface area (Å²) in [5.41, 5.74) is 0. The van der Waals surface area contributed by atoms with Crippen LogP contribution >= 0.6 is 0 Å². The Bertz CT molecular complexity index is 504. The highest BCUT2D eigenvalue weighted by atomic mass is 32.2. The topological polar surface area (TPSA) is 69.1 Å². The van der Waals surface area contributed by atoms with Gasteiger partial charge < -0.3 is 8.94 Å². The number of aryl methyl sites for hydroxylation is 2. The predicted octanol–water partition coefficient (Wildman–Crippen LogP) is 1.84. The molecule has 0 amide bonds. The van der Waals surface area contributed by atoms with Gasteiger partial charge in [-0.2, -0.15) is 4.98 Å². The maximum Gasteiger partial charge on any atom is 0.226 e. The minimum Gasteiger partial charge on any atom is -0.468 e. The van der Waals surface area contributed by atoms with Gasteiger partial charge in [0.1, 0.15) is 5.76 Å². The van der Waals surface area contributed by atoms with Crippen LogP contribution in [0, 0.1) is 6.92 Å². The van der Waals surface area contributed by atoms with Gasteiger partial charge in [-0.1, -0.05) is 12.1 Å². The normalized spacial score (nSPS) is 12.9. The van der Waals surface area contributed by atoms with E-state index in [1.807, 2.05) is 6.92 Å². The summed E-state index contributed by atoms with van der Waals surface area (Å²) < 4.78 is 22.0. The maximum absolute atomic E-state index is 11.9. The first-order chi connectivity index (χ1) is 7.70. The molecule has 0 spiro atoms. The average Bonchev–Trinajstić information content (AvgIpc) is 2.86. The van der Waals surface area contributed by atoms with Crippen LogP contribution < -0.4 is 0 Å². The fraction of sp³-hybridized carbons (Fsp3) is 0.400. The van der Waals surface area contributed by atoms with Crippen molar-refractivity contribution in [3.63, 3.8) is 0 Å². The molecule has 0 aromatic carbocycles. The molecule has 16 heavy (non-hydrogen) atoms. The van der Waals surface area contributed by atoms with Gasteiger partial charge in [0.2, 0.25) is 5.89 Å². The molecular formula is C10H12N2O3S. The van der Waals surface area contributed by atoms with E-state index in [2.05, 4.69) is 10.1 Å². The summed E-state index contributed by atoms with van der Waals surface area (Å²) in [4.78, 5) is 4.79. The second kappa shape index (κ2) is 4.61. The van der Waals surface area contributed by atoms with Crippen molar-refractivity contribution < 1.29 is 13.1 Å². The molecule has 0 aliphatic heterocycles. The molecule has 2 rings (SSSR count). The van der Waals surface area contributed by atoms with Crippen LogP contribution in [0.5, 0.6) is 0 Å². The van der Waals surface area contributed by atoms with Crippen LogP contribution in [-0.2, 0) is 23.0 Å². The Balaban J connectivity index is 2.11. The van der Waals surface area contributed by atoms with Crippen molar-refractivity contribution in [1.82, 2.24) is 10.1 Å². The third kappa shape index (κ3) is 2.21. The van der Waals surface area contributed by atoms with E-state index in [1.54, 1.807) is 13.0 Å². The Labute approximate surface area is 95.3 Å². The van der Waals surface area contributed by atoms with Crippen molar-refractivity contribution in [3.8, 4) is 0 Å². The zero-order chi connectivity index (χ0) is 11.5. The Morgan fingerprint density at radius 1 is 1.50 bits per heavy atom. The zero-order valence-electron chi connectivity index (χ0n) is 9.10. The van der Waals surface area contributed by atoms with Crippen molar-refractivity contribution in [1.29, 1.82) is 0 Å². The molecule has 0 N–H and O–H groups in total. The monoisotopic (exact) mass is 240 g/mol. The van der Waals surface area contributed by atoms with Gasteiger partial charge in [-0.25, -0.2) is 0 Å². The lowest BCUT2D eigenvalue weighted by Gasteiger charge is -1.95. The van der Waals surface area contributed by atoms with Crippen LogP contribution in [0.2, 0.25) is 0 Å². The van der Waals surface area contributed by atoms with Crippen LogP contribution in [-0.4, -0.2) is 14.3 Å². The number of aromatic nitrogens is 2. The lowest BCUT2D eigenvalue weighted by molar-refractivity contribution is 0.378. The smallest absolute Gasteiger partial charge is 0.226 e. The molecule has 0 bridgehead atoms. The van der Waals surface area contributed by atoms with Crippen molar-refractivity contribution in [2.24, 2.45) is 0 Å². The van der Waals surface area contributed by atoms with Gasteiger partial charge in [-0.3, -0.25) is 4.21 Å². The highest BCUT2D eigenvalue weighted by Crippen LogP contribution is 2.16. The molecule has 0 aliphatic carbocycles. The van der Waals surface area contributed by atoms with Crippen LogP contribution in [0.3, 0.4) is 0 Å². The van der Waals surface area contributed by atoms with E-state index in [9.17, 15) is 4.21 Å². The summed E-state index contributed by atoms with van der Waals surface area (Å²) in [6.45, 7) is 3.70. The Morgan fingerprint density at radius 2 is 2.31 bits per heavy atom. The van der Waals surface area contributed by atoms with Crippen LogP contribution in [0.25, 0.3) is 0 Å². The van der Waals surface area contributed by atoms with Crippen molar-refractivity contribution >= 4 is 10.8 Å². The molecule has 0 saturated carbocycles. The first kappa shape index (κ1) is 11.1. The fourth-order valence-corrected chi connectivity index (χ4v) is 2.38. The summed E-state index contributed by atoms with van der Waals surface area (Å²) in [6.07, 6.45) is 2.21. The van der Waals surface area contributed by atoms with E-state index in [0.717, 1.165) is 0 Å². The van der Waals surface area contributed by atoms with E-state index in [-0.39, 0.29) is 5.75 Å². The second-order valence-electron chi connectivity index (χ2n) is 3.29. The molecule has 2 aromatic heterocycles. The van der Waals surface area contributed by atoms with Gasteiger partial charge in [0.25, 0.3) is 0 Å². The molecule has 2 aromatic rings. The van der Waals surface area contributed by atoms with E-state index < -0.39 is 10.8 Å². The molecule has 5 nitrogen and oxygen atoms in total. The molecule has 1 atom stereocenters. The minimum atomic E-state index is -1.18. The van der Waals surface area contributed by atoms with E-state index in [4.69, 9.17) is 8.94 Å². The molecule has 2 heterocycles. The number of furan rings is 1. The van der Waals surface area contributed by atoms with E-state index in [0.29, 0.717) is 28.8 Å². The van der Waals surface area contributed by atoms with Gasteiger partial charge in [0.05, 0.1) is 27.7 Å². The maximum atomic E-state index is 11.9. The largest absolute Gasteiger partial charge is 0.468 e. The lowest BCUT2D eigenvalue weighted by Crippen LogP contribution is -1.98. The number of nitrogens with zero attached hydrogens (tertiary/aromatic N) is 2. The molecular weight excluding hydrogens is 228 g/mol. The standard InChI is InChI=1S/C10H12N2O3S/c1-3-10-11-9(12-15-10)6-16(13)8-4-5-14-7(8)2/h4-5H,3,6H2,1-2H3/t16-/m0/s1. The molecule has 0 unspecified atom stereocenters. The number of hydrogen-bond acceptors (Lipinski definition) is 5. The van der Waals surface area contributed by atoms with Crippen molar-refractivity contribution in [3.05, 3.63) is 29.8 Å². The number of rotatable bonds is 4. The third-order valence-corrected chi connectivity index (χ3v) is 3.56. The Hall–Kier alpha value is -1.43. The van der Waals surface area contributed by atoms with Gasteiger partial charge in [0.15, 0.2) is 5.82 Å². The van der Waals surface area contributed by atoms with Crippen molar-refractivity contribution in [2.75, 3.05) is 0 Å². The highest BCUT2D eigenvalue weighted by Gasteiger charge is 2.14. The fourth-order valence-electron chi connectivity index (χ4n) is 1.30. The van der Waals surface area contributed by atoms with Gasteiger partial charge in [-0.15, -0.1) is 0 Å². The molecule has 6 heteroatoms. The quantitative estimate of drug-likeness (QED) is 0.815.